The van der Waals surface area contributed by atoms with Gasteiger partial charge in [0.15, 0.2) is 0 Å². The van der Waals surface area contributed by atoms with E-state index in [4.69, 9.17) is 0 Å². The van der Waals surface area contributed by atoms with Crippen molar-refractivity contribution in [3.63, 3.8) is 0 Å². The van der Waals surface area contributed by atoms with Crippen molar-refractivity contribution in [2.45, 2.75) is 57.9 Å². The molecule has 19 heavy (non-hydrogen) atoms. The predicted octanol–water partition coefficient (Wildman–Crippen LogP) is 1.74. The molecule has 1 saturated heterocycles. The van der Waals surface area contributed by atoms with Crippen molar-refractivity contribution in [3.05, 3.63) is 0 Å². The maximum atomic E-state index is 12.0. The van der Waals surface area contributed by atoms with Gasteiger partial charge in [-0.05, 0) is 39.2 Å². The lowest BCUT2D eigenvalue weighted by molar-refractivity contribution is -0.123. The van der Waals surface area contributed by atoms with Crippen LogP contribution in [0.2, 0.25) is 0 Å². The van der Waals surface area contributed by atoms with Crippen LogP contribution < -0.4 is 5.32 Å². The van der Waals surface area contributed by atoms with Gasteiger partial charge in [0.2, 0.25) is 5.91 Å². The average Bonchev–Trinajstić information content (AvgIpc) is 2.83. The average molecular weight is 266 g/mol. The summed E-state index contributed by atoms with van der Waals surface area (Å²) in [6, 6.07) is 0.401. The minimum absolute atomic E-state index is 0.129. The topological polar surface area (TPSA) is 49.4 Å². The summed E-state index contributed by atoms with van der Waals surface area (Å²) >= 11 is 0. The molecular formula is C15H26N2O2. The highest BCUT2D eigenvalue weighted by Gasteiger charge is 2.36. The number of likely N-dealkylation sites (tertiary alicyclic amines) is 1. The maximum absolute atomic E-state index is 12.0. The number of hydrogen-bond donors (Lipinski definition) is 1. The zero-order chi connectivity index (χ0) is 13.7. The quantitative estimate of drug-likeness (QED) is 0.824. The summed E-state index contributed by atoms with van der Waals surface area (Å²) in [5, 5.41) is 2.85. The Morgan fingerprint density at radius 1 is 1.32 bits per heavy atom. The smallest absolute Gasteiger partial charge is 0.221 e. The Labute approximate surface area is 115 Å². The van der Waals surface area contributed by atoms with Crippen molar-refractivity contribution in [1.29, 1.82) is 0 Å². The molecule has 0 aromatic carbocycles. The summed E-state index contributed by atoms with van der Waals surface area (Å²) in [4.78, 5) is 25.9. The zero-order valence-electron chi connectivity index (χ0n) is 12.0. The van der Waals surface area contributed by atoms with Gasteiger partial charge in [-0.1, -0.05) is 6.42 Å². The molecule has 4 heteroatoms. The molecule has 2 fully saturated rings. The Morgan fingerprint density at radius 3 is 2.84 bits per heavy atom. The first kappa shape index (κ1) is 14.5. The van der Waals surface area contributed by atoms with E-state index in [-0.39, 0.29) is 11.8 Å². The molecule has 0 radical (unpaired) electrons. The fraction of sp³-hybridized carbons (Fsp3) is 0.867. The van der Waals surface area contributed by atoms with Gasteiger partial charge < -0.3 is 5.32 Å². The minimum atomic E-state index is 0.129. The highest BCUT2D eigenvalue weighted by Crippen LogP contribution is 2.32. The van der Waals surface area contributed by atoms with Gasteiger partial charge in [-0.3, -0.25) is 14.5 Å². The van der Waals surface area contributed by atoms with Crippen molar-refractivity contribution in [2.75, 3.05) is 19.6 Å². The van der Waals surface area contributed by atoms with Crippen LogP contribution in [0.25, 0.3) is 0 Å². The van der Waals surface area contributed by atoms with Crippen LogP contribution in [-0.2, 0) is 9.59 Å². The third kappa shape index (κ3) is 3.78. The van der Waals surface area contributed by atoms with Gasteiger partial charge in [0.25, 0.3) is 0 Å². The Morgan fingerprint density at radius 2 is 2.16 bits per heavy atom. The number of carbonyl (C=O) groups is 2. The number of carbonyl (C=O) groups excluding carboxylic acids is 2. The fourth-order valence-electron chi connectivity index (χ4n) is 3.53. The molecule has 1 aliphatic heterocycles. The van der Waals surface area contributed by atoms with E-state index in [2.05, 4.69) is 10.2 Å². The van der Waals surface area contributed by atoms with E-state index < -0.39 is 0 Å². The summed E-state index contributed by atoms with van der Waals surface area (Å²) in [7, 11) is 0. The summed E-state index contributed by atoms with van der Waals surface area (Å²) in [6.45, 7) is 4.50. The van der Waals surface area contributed by atoms with Crippen LogP contribution in [0, 0.1) is 5.92 Å². The zero-order valence-corrected chi connectivity index (χ0v) is 12.0. The monoisotopic (exact) mass is 266 g/mol. The number of ketones is 1. The van der Waals surface area contributed by atoms with Gasteiger partial charge in [-0.2, -0.15) is 0 Å². The van der Waals surface area contributed by atoms with Crippen molar-refractivity contribution in [1.82, 2.24) is 10.2 Å². The molecule has 1 aliphatic carbocycles. The SMILES string of the molecule is CCNC(=O)CCN1CCCCC1C1CCCC1=O. The Kier molecular flexibility index (Phi) is 5.37. The Hall–Kier alpha value is -0.900. The van der Waals surface area contributed by atoms with Crippen LogP contribution in [0.3, 0.4) is 0 Å². The number of amides is 1. The van der Waals surface area contributed by atoms with E-state index in [1.54, 1.807) is 0 Å². The van der Waals surface area contributed by atoms with Crippen molar-refractivity contribution in [3.8, 4) is 0 Å². The molecule has 4 nitrogen and oxygen atoms in total. The lowest BCUT2D eigenvalue weighted by atomic mass is 9.88. The van der Waals surface area contributed by atoms with Gasteiger partial charge in [0.05, 0.1) is 0 Å². The largest absolute Gasteiger partial charge is 0.356 e. The fourth-order valence-corrected chi connectivity index (χ4v) is 3.53. The van der Waals surface area contributed by atoms with Gasteiger partial charge in [0.1, 0.15) is 5.78 Å². The van der Waals surface area contributed by atoms with Crippen LogP contribution in [0.1, 0.15) is 51.9 Å². The number of Topliss-reactive ketones (excluding diaryl/α,β-unsaturated/α-hetero) is 1. The highest BCUT2D eigenvalue weighted by atomic mass is 16.1. The minimum Gasteiger partial charge on any atom is -0.356 e. The van der Waals surface area contributed by atoms with Crippen molar-refractivity contribution >= 4 is 11.7 Å². The molecule has 0 aromatic rings. The second-order valence-corrected chi connectivity index (χ2v) is 5.77. The molecule has 2 aliphatic rings. The van der Waals surface area contributed by atoms with Crippen LogP contribution in [0.4, 0.5) is 0 Å². The van der Waals surface area contributed by atoms with Crippen LogP contribution in [0.5, 0.6) is 0 Å². The highest BCUT2D eigenvalue weighted by molar-refractivity contribution is 5.83. The van der Waals surface area contributed by atoms with Gasteiger partial charge in [-0.15, -0.1) is 0 Å². The molecule has 108 valence electrons. The third-order valence-corrected chi connectivity index (χ3v) is 4.48. The second kappa shape index (κ2) is 7.04. The van der Waals surface area contributed by atoms with E-state index in [1.165, 1.54) is 12.8 Å². The molecule has 0 aromatic heterocycles. The first-order chi connectivity index (χ1) is 9.22. The molecule has 2 rings (SSSR count). The normalized spacial score (nSPS) is 28.6. The molecule has 1 N–H and O–H groups in total. The molecule has 0 spiro atoms. The molecular weight excluding hydrogens is 240 g/mol. The molecule has 0 bridgehead atoms. The summed E-state index contributed by atoms with van der Waals surface area (Å²) < 4.78 is 0. The van der Waals surface area contributed by atoms with Gasteiger partial charge in [-0.25, -0.2) is 0 Å². The summed E-state index contributed by atoms with van der Waals surface area (Å²) in [5.41, 5.74) is 0. The van der Waals surface area contributed by atoms with Crippen LogP contribution in [-0.4, -0.2) is 42.3 Å². The number of nitrogens with one attached hydrogen (secondary N) is 1. The molecule has 1 heterocycles. The third-order valence-electron chi connectivity index (χ3n) is 4.48. The number of piperidine rings is 1. The van der Waals surface area contributed by atoms with Gasteiger partial charge in [0, 0.05) is 37.9 Å². The van der Waals surface area contributed by atoms with Crippen molar-refractivity contribution in [2.24, 2.45) is 5.92 Å². The summed E-state index contributed by atoms with van der Waals surface area (Å²) in [5.74, 6) is 0.828. The van der Waals surface area contributed by atoms with Crippen molar-refractivity contribution < 1.29 is 9.59 Å². The lowest BCUT2D eigenvalue weighted by Crippen LogP contribution is -2.46. The van der Waals surface area contributed by atoms with Crippen LogP contribution >= 0.6 is 0 Å². The lowest BCUT2D eigenvalue weighted by Gasteiger charge is -2.38. The Balaban J connectivity index is 1.88. The first-order valence-electron chi connectivity index (χ1n) is 7.76. The van der Waals surface area contributed by atoms with E-state index in [9.17, 15) is 9.59 Å². The molecule has 1 saturated carbocycles. The van der Waals surface area contributed by atoms with E-state index in [0.29, 0.717) is 24.8 Å². The van der Waals surface area contributed by atoms with E-state index >= 15 is 0 Å². The molecule has 2 unspecified atom stereocenters. The standard InChI is InChI=1S/C15H26N2O2/c1-2-16-15(19)9-11-17-10-4-3-7-13(17)12-6-5-8-14(12)18/h12-13H,2-11H2,1H3,(H,16,19). The molecule has 2 atom stereocenters. The second-order valence-electron chi connectivity index (χ2n) is 5.77. The number of nitrogens with zero attached hydrogens (tertiary/aromatic N) is 1. The van der Waals surface area contributed by atoms with Crippen LogP contribution in [0.15, 0.2) is 0 Å². The summed E-state index contributed by atoms with van der Waals surface area (Å²) in [6.07, 6.45) is 7.01. The van der Waals surface area contributed by atoms with E-state index in [1.807, 2.05) is 6.92 Å². The van der Waals surface area contributed by atoms with Gasteiger partial charge >= 0.3 is 0 Å². The predicted molar refractivity (Wildman–Crippen MR) is 74.9 cm³/mol. The maximum Gasteiger partial charge on any atom is 0.221 e. The first-order valence-corrected chi connectivity index (χ1v) is 7.76. The Bertz CT molecular complexity index is 330. The van der Waals surface area contributed by atoms with E-state index in [0.717, 1.165) is 38.8 Å². The number of hydrogen-bond acceptors (Lipinski definition) is 3. The molecule has 1 amide bonds. The number of rotatable bonds is 5.